The highest BCUT2D eigenvalue weighted by molar-refractivity contribution is 6.07. The lowest BCUT2D eigenvalue weighted by molar-refractivity contribution is -0.0487. The van der Waals surface area contributed by atoms with Crippen molar-refractivity contribution in [1.82, 2.24) is 15.6 Å². The number of furan rings is 1. The van der Waals surface area contributed by atoms with Crippen molar-refractivity contribution in [2.75, 3.05) is 20.2 Å². The molecule has 0 saturated carbocycles. The summed E-state index contributed by atoms with van der Waals surface area (Å²) in [5.74, 6) is -2.26. The molecule has 2 aromatic heterocycles. The predicted molar refractivity (Wildman–Crippen MR) is 110 cm³/mol. The van der Waals surface area contributed by atoms with Gasteiger partial charge in [-0.1, -0.05) is 6.07 Å². The Balaban J connectivity index is 1.55. The maximum Gasteiger partial charge on any atom is 0.280 e. The van der Waals surface area contributed by atoms with Gasteiger partial charge in [0, 0.05) is 11.5 Å². The number of carbonyl (C=O) groups is 1. The molecule has 0 radical (unpaired) electrons. The van der Waals surface area contributed by atoms with Gasteiger partial charge in [-0.15, -0.1) is 0 Å². The highest BCUT2D eigenvalue weighted by atomic mass is 19.3. The lowest BCUT2D eigenvalue weighted by atomic mass is 10.0. The van der Waals surface area contributed by atoms with E-state index in [2.05, 4.69) is 15.6 Å². The Morgan fingerprint density at radius 3 is 2.97 bits per heavy atom. The number of hydrogen-bond donors (Lipinski definition) is 2. The zero-order valence-electron chi connectivity index (χ0n) is 17.2. The van der Waals surface area contributed by atoms with Crippen molar-refractivity contribution in [1.29, 1.82) is 0 Å². The number of halogens is 2. The number of nitrogens with zero attached hydrogens (tertiary/aromatic N) is 1. The Morgan fingerprint density at radius 2 is 2.19 bits per heavy atom. The van der Waals surface area contributed by atoms with Crippen molar-refractivity contribution < 1.29 is 27.5 Å². The molecular formula is C22H23F2N3O4. The first-order valence-electron chi connectivity index (χ1n) is 9.92. The fraction of sp³-hybridized carbons (Fsp3) is 0.364. The van der Waals surface area contributed by atoms with Gasteiger partial charge in [0.25, 0.3) is 11.8 Å². The number of benzene rings is 1. The summed E-state index contributed by atoms with van der Waals surface area (Å²) in [5.41, 5.74) is 1.38. The summed E-state index contributed by atoms with van der Waals surface area (Å²) in [6.45, 7) is 1.79. The first-order chi connectivity index (χ1) is 14.9. The minimum absolute atomic E-state index is 0.148. The molecule has 0 spiro atoms. The molecule has 1 fully saturated rings. The summed E-state index contributed by atoms with van der Waals surface area (Å²) in [6, 6.07) is 9.19. The molecule has 0 bridgehead atoms. The van der Waals surface area contributed by atoms with Crippen LogP contribution in [0.3, 0.4) is 0 Å². The third kappa shape index (κ3) is 4.46. The molecule has 2 N–H and O–H groups in total. The van der Waals surface area contributed by atoms with Crippen LogP contribution in [0.2, 0.25) is 0 Å². The number of aromatic nitrogens is 1. The van der Waals surface area contributed by atoms with Crippen LogP contribution in [0.15, 0.2) is 40.8 Å². The van der Waals surface area contributed by atoms with E-state index in [1.165, 1.54) is 7.11 Å². The van der Waals surface area contributed by atoms with Gasteiger partial charge in [-0.25, -0.2) is 13.8 Å². The third-order valence-corrected chi connectivity index (χ3v) is 5.23. The minimum Gasteiger partial charge on any atom is -0.487 e. The van der Waals surface area contributed by atoms with Gasteiger partial charge in [0.05, 0.1) is 31.0 Å². The van der Waals surface area contributed by atoms with Crippen molar-refractivity contribution >= 4 is 16.9 Å². The molecule has 1 atom stereocenters. The number of methoxy groups -OCH3 is 1. The average molecular weight is 431 g/mol. The molecule has 164 valence electrons. The predicted octanol–water partition coefficient (Wildman–Crippen LogP) is 3.45. The lowest BCUT2D eigenvalue weighted by Crippen LogP contribution is -2.57. The standard InChI is InChI=1S/C22H23F2N3O4/c1-13-20(21(28)27-18-8-9-25-12-22(18,23)24)16-10-15(6-7-17(16)31-13)30-11-14-4-3-5-19(26-14)29-2/h3-7,10,18,25H,8-9,11-12H2,1-2H3,(H,27,28). The summed E-state index contributed by atoms with van der Waals surface area (Å²) in [5, 5.41) is 5.63. The number of ether oxygens (including phenoxy) is 2. The van der Waals surface area contributed by atoms with E-state index in [0.29, 0.717) is 40.6 Å². The summed E-state index contributed by atoms with van der Waals surface area (Å²) in [4.78, 5) is 17.2. The van der Waals surface area contributed by atoms with Crippen LogP contribution in [0.1, 0.15) is 28.2 Å². The SMILES string of the molecule is COc1cccc(COc2ccc3oc(C)c(C(=O)NC4CCNCC4(F)F)c3c2)n1. The number of aryl methyl sites for hydroxylation is 1. The van der Waals surface area contributed by atoms with Crippen molar-refractivity contribution in [2.24, 2.45) is 0 Å². The Bertz CT molecular complexity index is 1100. The Morgan fingerprint density at radius 1 is 1.35 bits per heavy atom. The molecule has 1 amide bonds. The molecular weight excluding hydrogens is 408 g/mol. The van der Waals surface area contributed by atoms with E-state index >= 15 is 0 Å². The van der Waals surface area contributed by atoms with Crippen LogP contribution in [0.5, 0.6) is 11.6 Å². The van der Waals surface area contributed by atoms with E-state index in [0.717, 1.165) is 0 Å². The van der Waals surface area contributed by atoms with E-state index in [4.69, 9.17) is 13.9 Å². The van der Waals surface area contributed by atoms with Crippen LogP contribution in [-0.2, 0) is 6.61 Å². The summed E-state index contributed by atoms with van der Waals surface area (Å²) in [7, 11) is 1.54. The van der Waals surface area contributed by atoms with Gasteiger partial charge in [-0.2, -0.15) is 0 Å². The van der Waals surface area contributed by atoms with Crippen LogP contribution in [-0.4, -0.2) is 43.1 Å². The second-order valence-corrected chi connectivity index (χ2v) is 7.40. The number of carbonyl (C=O) groups excluding carboxylic acids is 1. The second kappa shape index (κ2) is 8.50. The van der Waals surface area contributed by atoms with Crippen molar-refractivity contribution in [3.05, 3.63) is 53.4 Å². The van der Waals surface area contributed by atoms with Gasteiger partial charge >= 0.3 is 0 Å². The van der Waals surface area contributed by atoms with Crippen molar-refractivity contribution in [3.8, 4) is 11.6 Å². The summed E-state index contributed by atoms with van der Waals surface area (Å²) in [6.07, 6.45) is 0.148. The zero-order valence-corrected chi connectivity index (χ0v) is 17.2. The highest BCUT2D eigenvalue weighted by Crippen LogP contribution is 2.30. The Hall–Kier alpha value is -3.20. The molecule has 1 aliphatic rings. The van der Waals surface area contributed by atoms with E-state index in [-0.39, 0.29) is 18.6 Å². The number of rotatable bonds is 6. The van der Waals surface area contributed by atoms with Gasteiger partial charge in [0.2, 0.25) is 5.88 Å². The second-order valence-electron chi connectivity index (χ2n) is 7.40. The van der Waals surface area contributed by atoms with Crippen LogP contribution in [0.4, 0.5) is 8.78 Å². The average Bonchev–Trinajstić information content (AvgIpc) is 3.08. The van der Waals surface area contributed by atoms with E-state index in [1.54, 1.807) is 37.3 Å². The van der Waals surface area contributed by atoms with Crippen molar-refractivity contribution in [2.45, 2.75) is 31.9 Å². The molecule has 3 heterocycles. The molecule has 1 aromatic carbocycles. The quantitative estimate of drug-likeness (QED) is 0.622. The largest absolute Gasteiger partial charge is 0.487 e. The molecule has 31 heavy (non-hydrogen) atoms. The van der Waals surface area contributed by atoms with Gasteiger partial charge < -0.3 is 24.5 Å². The molecule has 4 rings (SSSR count). The first-order valence-corrected chi connectivity index (χ1v) is 9.92. The summed E-state index contributed by atoms with van der Waals surface area (Å²) >= 11 is 0. The number of pyridine rings is 1. The third-order valence-electron chi connectivity index (χ3n) is 5.23. The van der Waals surface area contributed by atoms with Crippen molar-refractivity contribution in [3.63, 3.8) is 0 Å². The maximum atomic E-state index is 14.1. The molecule has 1 unspecified atom stereocenters. The number of amides is 1. The normalized spacial score (nSPS) is 18.0. The van der Waals surface area contributed by atoms with Crippen LogP contribution in [0, 0.1) is 6.92 Å². The summed E-state index contributed by atoms with van der Waals surface area (Å²) < 4.78 is 44.8. The molecule has 1 aliphatic heterocycles. The Labute approximate surface area is 177 Å². The van der Waals surface area contributed by atoms with Gasteiger partial charge in [-0.05, 0) is 44.2 Å². The van der Waals surface area contributed by atoms with Crippen LogP contribution < -0.4 is 20.1 Å². The number of piperidine rings is 1. The van der Waals surface area contributed by atoms with E-state index < -0.39 is 24.4 Å². The van der Waals surface area contributed by atoms with Gasteiger partial charge in [-0.3, -0.25) is 4.79 Å². The number of alkyl halides is 2. The van der Waals surface area contributed by atoms with Crippen LogP contribution in [0.25, 0.3) is 11.0 Å². The number of nitrogens with one attached hydrogen (secondary N) is 2. The molecule has 0 aliphatic carbocycles. The van der Waals surface area contributed by atoms with Gasteiger partial charge in [0.15, 0.2) is 0 Å². The highest BCUT2D eigenvalue weighted by Gasteiger charge is 2.42. The lowest BCUT2D eigenvalue weighted by Gasteiger charge is -2.32. The maximum absolute atomic E-state index is 14.1. The fourth-order valence-electron chi connectivity index (χ4n) is 3.62. The minimum atomic E-state index is -3.01. The fourth-order valence-corrected chi connectivity index (χ4v) is 3.62. The molecule has 1 saturated heterocycles. The molecule has 7 nitrogen and oxygen atoms in total. The molecule has 9 heteroatoms. The van der Waals surface area contributed by atoms with E-state index in [1.807, 2.05) is 6.07 Å². The monoisotopic (exact) mass is 431 g/mol. The first kappa shape index (κ1) is 21.0. The number of hydrogen-bond acceptors (Lipinski definition) is 6. The van der Waals surface area contributed by atoms with E-state index in [9.17, 15) is 13.6 Å². The van der Waals surface area contributed by atoms with Gasteiger partial charge in [0.1, 0.15) is 23.7 Å². The molecule has 3 aromatic rings. The van der Waals surface area contributed by atoms with Crippen LogP contribution >= 0.6 is 0 Å². The topological polar surface area (TPSA) is 85.6 Å². The Kier molecular flexibility index (Phi) is 5.77. The smallest absolute Gasteiger partial charge is 0.280 e. The number of fused-ring (bicyclic) bond motifs is 1. The zero-order chi connectivity index (χ0) is 22.0.